The minimum atomic E-state index is -4.94. The molecule has 2 N–H and O–H groups in total. The van der Waals surface area contributed by atoms with Gasteiger partial charge in [0.1, 0.15) is 4.88 Å². The van der Waals surface area contributed by atoms with Crippen molar-refractivity contribution in [3.8, 4) is 17.0 Å². The third-order valence-corrected chi connectivity index (χ3v) is 8.60. The van der Waals surface area contributed by atoms with Crippen LogP contribution >= 0.6 is 23.1 Å². The molecule has 0 spiro atoms. The molecule has 1 aliphatic heterocycles. The van der Waals surface area contributed by atoms with Gasteiger partial charge in [-0.2, -0.15) is 0 Å². The number of nitrogens with zero attached hydrogens (tertiary/aromatic N) is 4. The number of likely N-dealkylation sites (N-methyl/N-ethyl adjacent to an activating group) is 1. The van der Waals surface area contributed by atoms with Gasteiger partial charge in [-0.25, -0.2) is 14.8 Å². The molecule has 1 saturated heterocycles. The van der Waals surface area contributed by atoms with Crippen LogP contribution in [-0.2, 0) is 17.6 Å². The monoisotopic (exact) mass is 565 g/mol. The summed E-state index contributed by atoms with van der Waals surface area (Å²) in [4.78, 5) is 36.9. The van der Waals surface area contributed by atoms with E-state index in [0.29, 0.717) is 42.9 Å². The zero-order valence-corrected chi connectivity index (χ0v) is 21.9. The number of aromatic nitrogens is 2. The van der Waals surface area contributed by atoms with Gasteiger partial charge in [-0.3, -0.25) is 9.69 Å². The van der Waals surface area contributed by atoms with Crippen LogP contribution in [0, 0.1) is 0 Å². The first-order valence-electron chi connectivity index (χ1n) is 11.5. The zero-order valence-electron chi connectivity index (χ0n) is 20.3. The number of nitrogens with one attached hydrogen (secondary N) is 1. The number of hydrogen-bond donors (Lipinski definition) is 2. The van der Waals surface area contributed by atoms with E-state index in [1.165, 1.54) is 40.1 Å². The number of thioether (sulfide) groups is 1. The molecule has 3 heterocycles. The van der Waals surface area contributed by atoms with Crippen LogP contribution < -0.4 is 15.0 Å². The Morgan fingerprint density at radius 2 is 2.05 bits per heavy atom. The van der Waals surface area contributed by atoms with E-state index < -0.39 is 18.1 Å². The maximum atomic E-state index is 13.2. The maximum Gasteiger partial charge on any atom is 0.573 e. The van der Waals surface area contributed by atoms with E-state index >= 15 is 0 Å². The van der Waals surface area contributed by atoms with Crippen LogP contribution in [0.4, 0.5) is 30.5 Å². The van der Waals surface area contributed by atoms with Crippen molar-refractivity contribution in [1.82, 2.24) is 14.9 Å². The Morgan fingerprint density at radius 1 is 1.26 bits per heavy atom. The summed E-state index contributed by atoms with van der Waals surface area (Å²) in [5.74, 6) is -1.67. The quantitative estimate of drug-likeness (QED) is 0.413. The van der Waals surface area contributed by atoms with Gasteiger partial charge in [-0.1, -0.05) is 0 Å². The van der Waals surface area contributed by atoms with Crippen molar-refractivity contribution >= 4 is 52.3 Å². The van der Waals surface area contributed by atoms with Crippen LogP contribution in [0.5, 0.6) is 5.75 Å². The number of thiophene rings is 1. The van der Waals surface area contributed by atoms with Gasteiger partial charge in [-0.05, 0) is 55.5 Å². The van der Waals surface area contributed by atoms with Gasteiger partial charge >= 0.3 is 12.3 Å². The summed E-state index contributed by atoms with van der Waals surface area (Å²) in [6, 6.07) is 3.95. The number of piperazine rings is 1. The summed E-state index contributed by atoms with van der Waals surface area (Å²) in [5, 5.41) is 12.5. The van der Waals surface area contributed by atoms with E-state index in [4.69, 9.17) is 0 Å². The zero-order chi connectivity index (χ0) is 27.2. The first kappa shape index (κ1) is 26.3. The fourth-order valence-electron chi connectivity index (χ4n) is 4.54. The number of fused-ring (bicyclic) bond motifs is 3. The van der Waals surface area contributed by atoms with Crippen LogP contribution in [0.3, 0.4) is 0 Å². The second kappa shape index (κ2) is 10.1. The van der Waals surface area contributed by atoms with Crippen molar-refractivity contribution in [1.29, 1.82) is 0 Å². The van der Waals surface area contributed by atoms with E-state index in [-0.39, 0.29) is 29.0 Å². The Hall–Kier alpha value is -3.36. The molecule has 0 saturated carbocycles. The summed E-state index contributed by atoms with van der Waals surface area (Å²) in [6.07, 6.45) is -0.435. The number of aryl methyl sites for hydroxylation is 1. The van der Waals surface area contributed by atoms with Crippen LogP contribution in [0.2, 0.25) is 0 Å². The molecule has 200 valence electrons. The lowest BCUT2D eigenvalue weighted by molar-refractivity contribution is -0.274. The molecule has 2 aliphatic rings. The number of hydrogen-bond acceptors (Lipinski definition) is 9. The predicted octanol–water partition coefficient (Wildman–Crippen LogP) is 4.64. The highest BCUT2D eigenvalue weighted by Gasteiger charge is 2.33. The van der Waals surface area contributed by atoms with Crippen LogP contribution in [0.1, 0.15) is 20.8 Å². The molecule has 0 radical (unpaired) electrons. The Kier molecular flexibility index (Phi) is 6.96. The van der Waals surface area contributed by atoms with Crippen molar-refractivity contribution in [3.05, 3.63) is 40.4 Å². The number of anilines is 3. The van der Waals surface area contributed by atoms with E-state index in [9.17, 15) is 27.9 Å². The van der Waals surface area contributed by atoms with Gasteiger partial charge in [0, 0.05) is 30.5 Å². The van der Waals surface area contributed by atoms with Gasteiger partial charge < -0.3 is 20.1 Å². The Morgan fingerprint density at radius 3 is 2.74 bits per heavy atom. The van der Waals surface area contributed by atoms with Gasteiger partial charge in [-0.15, -0.1) is 36.3 Å². The van der Waals surface area contributed by atoms with Crippen molar-refractivity contribution in [3.63, 3.8) is 0 Å². The van der Waals surface area contributed by atoms with E-state index in [1.54, 1.807) is 6.20 Å². The summed E-state index contributed by atoms with van der Waals surface area (Å²) < 4.78 is 44.5. The summed E-state index contributed by atoms with van der Waals surface area (Å²) >= 11 is 2.59. The molecular formula is C24H22F3N5O4S2. The van der Waals surface area contributed by atoms with Crippen LogP contribution in [0.15, 0.2) is 28.6 Å². The van der Waals surface area contributed by atoms with Crippen LogP contribution in [-0.4, -0.2) is 71.2 Å². The largest absolute Gasteiger partial charge is 0.573 e. The fourth-order valence-corrected chi connectivity index (χ4v) is 6.47. The lowest BCUT2D eigenvalue weighted by Gasteiger charge is -2.32. The molecule has 1 amide bonds. The number of ether oxygens (including phenoxy) is 1. The van der Waals surface area contributed by atoms with E-state index in [2.05, 4.69) is 20.0 Å². The highest BCUT2D eigenvalue weighted by Crippen LogP contribution is 2.46. The van der Waals surface area contributed by atoms with E-state index in [0.717, 1.165) is 21.4 Å². The lowest BCUT2D eigenvalue weighted by atomic mass is 9.91. The number of carboxylic acid groups (broad SMARTS) is 1. The summed E-state index contributed by atoms with van der Waals surface area (Å²) in [6.45, 7) is 1.19. The number of aromatic carboxylic acids is 1. The number of amides is 1. The number of rotatable bonds is 6. The number of carbonyl (C=O) groups excluding carboxylic acids is 1. The highest BCUT2D eigenvalue weighted by molar-refractivity contribution is 8.00. The minimum absolute atomic E-state index is 0.0145. The second-order valence-corrected chi connectivity index (χ2v) is 10.9. The first-order chi connectivity index (χ1) is 18.0. The molecule has 3 aromatic rings. The van der Waals surface area contributed by atoms with E-state index in [1.807, 2.05) is 18.2 Å². The minimum Gasteiger partial charge on any atom is -0.477 e. The van der Waals surface area contributed by atoms with Crippen molar-refractivity contribution < 1.29 is 32.6 Å². The van der Waals surface area contributed by atoms with Gasteiger partial charge in [0.2, 0.25) is 11.9 Å². The molecule has 9 nitrogen and oxygen atoms in total. The first-order valence-corrected chi connectivity index (χ1v) is 13.5. The third-order valence-electron chi connectivity index (χ3n) is 6.26. The second-order valence-electron chi connectivity index (χ2n) is 8.79. The molecular weight excluding hydrogens is 543 g/mol. The highest BCUT2D eigenvalue weighted by atomic mass is 32.2. The lowest BCUT2D eigenvalue weighted by Crippen LogP contribution is -2.48. The van der Waals surface area contributed by atoms with Crippen molar-refractivity contribution in [2.45, 2.75) is 23.4 Å². The Labute approximate surface area is 223 Å². The Balaban J connectivity index is 1.54. The number of alkyl halides is 3. The average molecular weight is 566 g/mol. The molecule has 0 bridgehead atoms. The molecule has 1 aliphatic carbocycles. The van der Waals surface area contributed by atoms with Gasteiger partial charge in [0.05, 0.1) is 22.1 Å². The maximum absolute atomic E-state index is 13.2. The predicted molar refractivity (Wildman–Crippen MR) is 138 cm³/mol. The molecule has 0 unspecified atom stereocenters. The average Bonchev–Trinajstić information content (AvgIpc) is 3.24. The molecule has 1 aromatic carbocycles. The van der Waals surface area contributed by atoms with Crippen LogP contribution in [0.25, 0.3) is 11.3 Å². The SMILES string of the molecule is CSc1sc(C(=O)O)c2c1-c1nc(Nc3cc(N4CCN(C)CC4=O)ccc3OC(F)(F)F)ncc1CC2. The smallest absolute Gasteiger partial charge is 0.477 e. The van der Waals surface area contributed by atoms with Gasteiger partial charge in [0.25, 0.3) is 0 Å². The molecule has 5 rings (SSSR count). The molecule has 14 heteroatoms. The number of benzene rings is 1. The number of carboxylic acids is 1. The van der Waals surface area contributed by atoms with Gasteiger partial charge in [0.15, 0.2) is 5.75 Å². The number of carbonyl (C=O) groups is 2. The summed E-state index contributed by atoms with van der Waals surface area (Å²) in [5.41, 5.74) is 3.12. The van der Waals surface area contributed by atoms with Crippen molar-refractivity contribution in [2.75, 3.05) is 43.2 Å². The standard InChI is InChI=1S/C24H22F3N5O4S2/c1-31-7-8-32(17(33)11-31)13-4-6-16(36-24(25,26)27)15(9-13)29-23-28-10-12-3-5-14-18(19(12)30-23)22(37-2)38-20(14)21(34)35/h4,6,9-10H,3,5,7-8,11H2,1-2H3,(H,34,35)(H,28,29,30). The number of halogens is 3. The topological polar surface area (TPSA) is 108 Å². The molecule has 2 aromatic heterocycles. The molecule has 0 atom stereocenters. The molecule has 38 heavy (non-hydrogen) atoms. The fraction of sp³-hybridized carbons (Fsp3) is 0.333. The Bertz CT molecular complexity index is 1430. The summed E-state index contributed by atoms with van der Waals surface area (Å²) in [7, 11) is 1.82. The normalized spacial score (nSPS) is 15.7. The third kappa shape index (κ3) is 5.15. The molecule has 1 fully saturated rings. The van der Waals surface area contributed by atoms with Crippen molar-refractivity contribution in [2.24, 2.45) is 0 Å².